The van der Waals surface area contributed by atoms with E-state index in [-0.39, 0.29) is 5.91 Å². The second-order valence-corrected chi connectivity index (χ2v) is 5.16. The van der Waals surface area contributed by atoms with E-state index in [1.165, 1.54) is 0 Å². The molecule has 4 nitrogen and oxygen atoms in total. The summed E-state index contributed by atoms with van der Waals surface area (Å²) in [5.41, 5.74) is 2.69. The molecule has 4 heteroatoms. The van der Waals surface area contributed by atoms with Crippen molar-refractivity contribution in [2.24, 2.45) is 7.05 Å². The Morgan fingerprint density at radius 1 is 1.14 bits per heavy atom. The van der Waals surface area contributed by atoms with Crippen molar-refractivity contribution in [3.63, 3.8) is 0 Å². The quantitative estimate of drug-likeness (QED) is 0.803. The zero-order chi connectivity index (χ0) is 15.5. The third-order valence-electron chi connectivity index (χ3n) is 3.80. The number of methoxy groups -OCH3 is 1. The van der Waals surface area contributed by atoms with Crippen LogP contribution in [0.3, 0.4) is 0 Å². The van der Waals surface area contributed by atoms with Crippen LogP contribution in [0.5, 0.6) is 5.75 Å². The van der Waals surface area contributed by atoms with Crippen molar-refractivity contribution in [1.29, 1.82) is 0 Å². The fraction of sp³-hybridized carbons (Fsp3) is 0.167. The molecule has 0 saturated heterocycles. The first kappa shape index (κ1) is 14.2. The zero-order valence-electron chi connectivity index (χ0n) is 12.7. The van der Waals surface area contributed by atoms with Gasteiger partial charge in [0.05, 0.1) is 7.11 Å². The lowest BCUT2D eigenvalue weighted by Gasteiger charge is -2.10. The highest BCUT2D eigenvalue weighted by Gasteiger charge is 2.12. The van der Waals surface area contributed by atoms with Crippen LogP contribution in [0, 0.1) is 0 Å². The number of hydrogen-bond donors (Lipinski definition) is 1. The van der Waals surface area contributed by atoms with Crippen molar-refractivity contribution < 1.29 is 9.53 Å². The van der Waals surface area contributed by atoms with Crippen molar-refractivity contribution in [3.05, 3.63) is 65.9 Å². The molecule has 0 atom stereocenters. The summed E-state index contributed by atoms with van der Waals surface area (Å²) < 4.78 is 7.31. The predicted octanol–water partition coefficient (Wildman–Crippen LogP) is 3.12. The highest BCUT2D eigenvalue weighted by Crippen LogP contribution is 2.20. The minimum atomic E-state index is -0.0808. The van der Waals surface area contributed by atoms with E-state index in [2.05, 4.69) is 5.32 Å². The third-order valence-corrected chi connectivity index (χ3v) is 3.80. The summed E-state index contributed by atoms with van der Waals surface area (Å²) in [6, 6.07) is 15.4. The van der Waals surface area contributed by atoms with Crippen molar-refractivity contribution in [3.8, 4) is 5.75 Å². The molecule has 2 aromatic carbocycles. The number of benzene rings is 2. The van der Waals surface area contributed by atoms with Crippen LogP contribution in [0.25, 0.3) is 10.9 Å². The monoisotopic (exact) mass is 294 g/mol. The number of amides is 1. The topological polar surface area (TPSA) is 43.3 Å². The molecule has 0 aliphatic carbocycles. The molecule has 3 rings (SSSR count). The molecule has 112 valence electrons. The number of rotatable bonds is 4. The van der Waals surface area contributed by atoms with E-state index < -0.39 is 0 Å². The largest absolute Gasteiger partial charge is 0.496 e. The van der Waals surface area contributed by atoms with Gasteiger partial charge in [-0.1, -0.05) is 24.3 Å². The van der Waals surface area contributed by atoms with Crippen LogP contribution in [0.4, 0.5) is 0 Å². The molecule has 1 amide bonds. The molecule has 0 unspecified atom stereocenters. The lowest BCUT2D eigenvalue weighted by molar-refractivity contribution is 0.0952. The first-order valence-electron chi connectivity index (χ1n) is 7.15. The molecular formula is C18H18N2O2. The lowest BCUT2D eigenvalue weighted by atomic mass is 10.1. The number of hydrogen-bond acceptors (Lipinski definition) is 2. The van der Waals surface area contributed by atoms with Crippen LogP contribution in [0.15, 0.2) is 54.7 Å². The van der Waals surface area contributed by atoms with Gasteiger partial charge in [-0.05, 0) is 24.3 Å². The smallest absolute Gasteiger partial charge is 0.252 e. The normalized spacial score (nSPS) is 10.6. The Hall–Kier alpha value is -2.75. The molecule has 1 aromatic heterocycles. The van der Waals surface area contributed by atoms with Gasteiger partial charge in [-0.2, -0.15) is 0 Å². The predicted molar refractivity (Wildman–Crippen MR) is 87.1 cm³/mol. The van der Waals surface area contributed by atoms with Crippen LogP contribution in [0.2, 0.25) is 0 Å². The summed E-state index contributed by atoms with van der Waals surface area (Å²) in [6.07, 6.45) is 1.96. The summed E-state index contributed by atoms with van der Waals surface area (Å²) in [5, 5.41) is 3.92. The van der Waals surface area contributed by atoms with Crippen molar-refractivity contribution >= 4 is 16.8 Å². The Balaban J connectivity index is 1.82. The molecule has 0 aliphatic heterocycles. The van der Waals surface area contributed by atoms with E-state index >= 15 is 0 Å². The number of aryl methyl sites for hydroxylation is 1. The molecule has 3 aromatic rings. The van der Waals surface area contributed by atoms with Crippen molar-refractivity contribution in [2.45, 2.75) is 6.54 Å². The maximum Gasteiger partial charge on any atom is 0.252 e. The van der Waals surface area contributed by atoms with Gasteiger partial charge >= 0.3 is 0 Å². The van der Waals surface area contributed by atoms with E-state index in [0.717, 1.165) is 22.2 Å². The summed E-state index contributed by atoms with van der Waals surface area (Å²) in [6.45, 7) is 0.437. The Kier molecular flexibility index (Phi) is 3.83. The summed E-state index contributed by atoms with van der Waals surface area (Å²) in [7, 11) is 3.60. The van der Waals surface area contributed by atoms with Crippen molar-refractivity contribution in [2.75, 3.05) is 7.11 Å². The van der Waals surface area contributed by atoms with Gasteiger partial charge in [-0.15, -0.1) is 0 Å². The molecule has 0 saturated carbocycles. The maximum absolute atomic E-state index is 12.5. The molecule has 0 radical (unpaired) electrons. The number of nitrogens with zero attached hydrogens (tertiary/aromatic N) is 1. The van der Waals surface area contributed by atoms with Crippen LogP contribution >= 0.6 is 0 Å². The summed E-state index contributed by atoms with van der Waals surface area (Å²) in [4.78, 5) is 12.5. The maximum atomic E-state index is 12.5. The molecular weight excluding hydrogens is 276 g/mol. The minimum absolute atomic E-state index is 0.0808. The zero-order valence-corrected chi connectivity index (χ0v) is 12.7. The molecule has 1 N–H and O–H groups in total. The molecule has 22 heavy (non-hydrogen) atoms. The van der Waals surface area contributed by atoms with Crippen LogP contribution < -0.4 is 10.1 Å². The first-order chi connectivity index (χ1) is 10.7. The number of carbonyl (C=O) groups excluding carboxylic acids is 1. The van der Waals surface area contributed by atoms with Gasteiger partial charge in [0.1, 0.15) is 5.75 Å². The van der Waals surface area contributed by atoms with Gasteiger partial charge < -0.3 is 14.6 Å². The van der Waals surface area contributed by atoms with E-state index in [1.807, 2.05) is 66.3 Å². The standard InChI is InChI=1S/C18H18N2O2/c1-20-11-10-14-15(7-5-8-16(14)20)18(21)19-12-13-6-3-4-9-17(13)22-2/h3-11H,12H2,1-2H3,(H,19,21). The Morgan fingerprint density at radius 3 is 2.77 bits per heavy atom. The van der Waals surface area contributed by atoms with Gasteiger partial charge in [-0.25, -0.2) is 0 Å². The number of aromatic nitrogens is 1. The van der Waals surface area contributed by atoms with Gasteiger partial charge in [0.15, 0.2) is 0 Å². The minimum Gasteiger partial charge on any atom is -0.496 e. The Labute approximate surface area is 129 Å². The number of ether oxygens (including phenoxy) is 1. The van der Waals surface area contributed by atoms with Gasteiger partial charge in [0.25, 0.3) is 5.91 Å². The number of para-hydroxylation sites is 1. The molecule has 0 aliphatic rings. The summed E-state index contributed by atoms with van der Waals surface area (Å²) in [5.74, 6) is 0.698. The van der Waals surface area contributed by atoms with E-state index in [1.54, 1.807) is 7.11 Å². The molecule has 0 spiro atoms. The SMILES string of the molecule is COc1ccccc1CNC(=O)c1cccc2c1ccn2C. The second kappa shape index (κ2) is 5.93. The number of nitrogens with one attached hydrogen (secondary N) is 1. The Bertz CT molecular complexity index is 821. The average Bonchev–Trinajstić information content (AvgIpc) is 2.94. The lowest BCUT2D eigenvalue weighted by Crippen LogP contribution is -2.23. The summed E-state index contributed by atoms with van der Waals surface area (Å²) >= 11 is 0. The van der Waals surface area contributed by atoms with Crippen LogP contribution in [0.1, 0.15) is 15.9 Å². The number of carbonyl (C=O) groups is 1. The van der Waals surface area contributed by atoms with Crippen LogP contribution in [-0.4, -0.2) is 17.6 Å². The number of fused-ring (bicyclic) bond motifs is 1. The van der Waals surface area contributed by atoms with E-state index in [4.69, 9.17) is 4.74 Å². The van der Waals surface area contributed by atoms with E-state index in [0.29, 0.717) is 12.1 Å². The fourth-order valence-electron chi connectivity index (χ4n) is 2.62. The third kappa shape index (κ3) is 2.55. The first-order valence-corrected chi connectivity index (χ1v) is 7.15. The molecule has 1 heterocycles. The molecule has 0 bridgehead atoms. The van der Waals surface area contributed by atoms with Gasteiger partial charge in [0, 0.05) is 41.8 Å². The Morgan fingerprint density at radius 2 is 1.95 bits per heavy atom. The highest BCUT2D eigenvalue weighted by molar-refractivity contribution is 6.06. The fourth-order valence-corrected chi connectivity index (χ4v) is 2.62. The average molecular weight is 294 g/mol. The van der Waals surface area contributed by atoms with Gasteiger partial charge in [0.2, 0.25) is 0 Å². The molecule has 0 fully saturated rings. The van der Waals surface area contributed by atoms with Crippen molar-refractivity contribution in [1.82, 2.24) is 9.88 Å². The second-order valence-electron chi connectivity index (χ2n) is 5.16. The highest BCUT2D eigenvalue weighted by atomic mass is 16.5. The van der Waals surface area contributed by atoms with E-state index in [9.17, 15) is 4.79 Å². The van der Waals surface area contributed by atoms with Crippen LogP contribution in [-0.2, 0) is 13.6 Å². The van der Waals surface area contributed by atoms with Gasteiger partial charge in [-0.3, -0.25) is 4.79 Å².